The number of carbonyl (C=O) groups is 1. The molecular weight excluding hydrogens is 395 g/mol. The summed E-state index contributed by atoms with van der Waals surface area (Å²) < 4.78 is 15.8. The molecule has 3 heterocycles. The zero-order chi connectivity index (χ0) is 20.5. The van der Waals surface area contributed by atoms with Gasteiger partial charge in [-0.15, -0.1) is 0 Å². The van der Waals surface area contributed by atoms with Crippen molar-refractivity contribution < 1.29 is 9.18 Å². The van der Waals surface area contributed by atoms with Crippen LogP contribution in [0.2, 0.25) is 5.02 Å². The number of hydrogen-bond donors (Lipinski definition) is 0. The van der Waals surface area contributed by atoms with Crippen molar-refractivity contribution >= 4 is 23.3 Å². The topological polar surface area (TPSA) is 67.2 Å². The van der Waals surface area contributed by atoms with Gasteiger partial charge in [0, 0.05) is 37.9 Å². The number of piperazine rings is 1. The molecule has 3 aromatic rings. The summed E-state index contributed by atoms with van der Waals surface area (Å²) in [7, 11) is 0. The van der Waals surface area contributed by atoms with Crippen molar-refractivity contribution in [3.63, 3.8) is 0 Å². The molecule has 0 N–H and O–H groups in total. The molecule has 1 aromatic carbocycles. The van der Waals surface area contributed by atoms with Crippen LogP contribution in [0.25, 0.3) is 5.82 Å². The van der Waals surface area contributed by atoms with Crippen LogP contribution >= 0.6 is 11.6 Å². The molecule has 1 saturated heterocycles. The molecule has 1 aliphatic rings. The third kappa shape index (κ3) is 3.80. The molecule has 0 spiro atoms. The second-order valence-corrected chi connectivity index (χ2v) is 7.36. The second kappa shape index (κ2) is 7.79. The number of nitrogens with zero attached hydrogens (tertiary/aromatic N) is 6. The summed E-state index contributed by atoms with van der Waals surface area (Å²) in [6, 6.07) is 8.12. The Balaban J connectivity index is 1.48. The molecule has 1 fully saturated rings. The molecule has 1 amide bonds. The summed E-state index contributed by atoms with van der Waals surface area (Å²) in [5, 5.41) is 4.59. The fourth-order valence-electron chi connectivity index (χ4n) is 3.49. The fourth-order valence-corrected chi connectivity index (χ4v) is 3.73. The van der Waals surface area contributed by atoms with E-state index in [1.54, 1.807) is 9.58 Å². The summed E-state index contributed by atoms with van der Waals surface area (Å²) in [5.74, 6) is 0.463. The van der Waals surface area contributed by atoms with E-state index in [9.17, 15) is 9.18 Å². The Morgan fingerprint density at radius 2 is 1.79 bits per heavy atom. The largest absolute Gasteiger partial charge is 0.353 e. The Labute approximate surface area is 172 Å². The first kappa shape index (κ1) is 19.3. The van der Waals surface area contributed by atoms with Crippen LogP contribution in [0.5, 0.6) is 0 Å². The standard InChI is InChI=1S/C20H20ClFN6O/c1-13-10-14(2)28(25-13)18-11-17(23-12-24-18)26-6-8-27(9-7-26)20(29)19-15(21)4-3-5-16(19)22/h3-5,10-12H,6-9H2,1-2H3. The van der Waals surface area contributed by atoms with E-state index in [1.165, 1.54) is 24.5 Å². The lowest BCUT2D eigenvalue weighted by Crippen LogP contribution is -2.49. The van der Waals surface area contributed by atoms with Gasteiger partial charge in [-0.3, -0.25) is 4.79 Å². The van der Waals surface area contributed by atoms with Crippen LogP contribution in [0.15, 0.2) is 36.7 Å². The van der Waals surface area contributed by atoms with Crippen LogP contribution in [-0.4, -0.2) is 56.7 Å². The lowest BCUT2D eigenvalue weighted by Gasteiger charge is -2.35. The van der Waals surface area contributed by atoms with Crippen LogP contribution in [-0.2, 0) is 0 Å². The van der Waals surface area contributed by atoms with Crippen LogP contribution in [0.4, 0.5) is 10.2 Å². The highest BCUT2D eigenvalue weighted by Crippen LogP contribution is 2.23. The minimum Gasteiger partial charge on any atom is -0.353 e. The van der Waals surface area contributed by atoms with E-state index < -0.39 is 11.7 Å². The van der Waals surface area contributed by atoms with E-state index in [2.05, 4.69) is 20.0 Å². The number of benzene rings is 1. The maximum Gasteiger partial charge on any atom is 0.258 e. The summed E-state index contributed by atoms with van der Waals surface area (Å²) in [4.78, 5) is 25.1. The summed E-state index contributed by atoms with van der Waals surface area (Å²) in [6.07, 6.45) is 1.51. The Hall–Kier alpha value is -3.00. The number of hydrogen-bond acceptors (Lipinski definition) is 5. The van der Waals surface area contributed by atoms with Gasteiger partial charge in [-0.1, -0.05) is 17.7 Å². The van der Waals surface area contributed by atoms with Crippen LogP contribution in [0.3, 0.4) is 0 Å². The van der Waals surface area contributed by atoms with Crippen LogP contribution < -0.4 is 4.90 Å². The molecular formula is C20H20ClFN6O. The van der Waals surface area contributed by atoms with E-state index in [-0.39, 0.29) is 10.6 Å². The summed E-state index contributed by atoms with van der Waals surface area (Å²) in [6.45, 7) is 5.95. The maximum absolute atomic E-state index is 14.1. The third-order valence-electron chi connectivity index (χ3n) is 4.93. The van der Waals surface area contributed by atoms with Gasteiger partial charge in [-0.2, -0.15) is 5.10 Å². The Bertz CT molecular complexity index is 1040. The van der Waals surface area contributed by atoms with E-state index >= 15 is 0 Å². The van der Waals surface area contributed by atoms with Crippen molar-refractivity contribution in [1.29, 1.82) is 0 Å². The van der Waals surface area contributed by atoms with Crippen LogP contribution in [0.1, 0.15) is 21.7 Å². The first-order valence-corrected chi connectivity index (χ1v) is 9.66. The lowest BCUT2D eigenvalue weighted by molar-refractivity contribution is 0.0742. The highest BCUT2D eigenvalue weighted by Gasteiger charge is 2.26. The molecule has 0 unspecified atom stereocenters. The average Bonchev–Trinajstić information content (AvgIpc) is 3.06. The van der Waals surface area contributed by atoms with Gasteiger partial charge >= 0.3 is 0 Å². The Morgan fingerprint density at radius 3 is 2.45 bits per heavy atom. The lowest BCUT2D eigenvalue weighted by atomic mass is 10.1. The van der Waals surface area contributed by atoms with Gasteiger partial charge in [-0.05, 0) is 32.0 Å². The van der Waals surface area contributed by atoms with Crippen LogP contribution in [0, 0.1) is 19.7 Å². The number of rotatable bonds is 3. The minimum absolute atomic E-state index is 0.0727. The highest BCUT2D eigenvalue weighted by atomic mass is 35.5. The summed E-state index contributed by atoms with van der Waals surface area (Å²) in [5.41, 5.74) is 1.84. The normalized spacial score (nSPS) is 14.3. The molecule has 150 valence electrons. The van der Waals surface area contributed by atoms with Gasteiger partial charge in [-0.25, -0.2) is 19.0 Å². The van der Waals surface area contributed by atoms with Gasteiger partial charge in [0.25, 0.3) is 5.91 Å². The number of anilines is 1. The van der Waals surface area contributed by atoms with Crippen molar-refractivity contribution in [3.8, 4) is 5.82 Å². The maximum atomic E-state index is 14.1. The number of amides is 1. The monoisotopic (exact) mass is 414 g/mol. The molecule has 4 rings (SSSR count). The summed E-state index contributed by atoms with van der Waals surface area (Å²) >= 11 is 6.04. The van der Waals surface area contributed by atoms with E-state index in [0.29, 0.717) is 32.0 Å². The fraction of sp³-hybridized carbons (Fsp3) is 0.300. The quantitative estimate of drug-likeness (QED) is 0.659. The average molecular weight is 415 g/mol. The van der Waals surface area contributed by atoms with Gasteiger partial charge < -0.3 is 9.80 Å². The first-order valence-electron chi connectivity index (χ1n) is 9.28. The smallest absolute Gasteiger partial charge is 0.258 e. The zero-order valence-corrected chi connectivity index (χ0v) is 16.9. The third-order valence-corrected chi connectivity index (χ3v) is 5.25. The van der Waals surface area contributed by atoms with E-state index in [4.69, 9.17) is 11.6 Å². The van der Waals surface area contributed by atoms with Crippen molar-refractivity contribution in [3.05, 3.63) is 64.5 Å². The van der Waals surface area contributed by atoms with Crippen molar-refractivity contribution in [1.82, 2.24) is 24.6 Å². The van der Waals surface area contributed by atoms with Gasteiger partial charge in [0.05, 0.1) is 16.3 Å². The van der Waals surface area contributed by atoms with E-state index in [0.717, 1.165) is 17.2 Å². The molecule has 29 heavy (non-hydrogen) atoms. The number of aromatic nitrogens is 4. The first-order chi connectivity index (χ1) is 13.9. The molecule has 9 heteroatoms. The number of aryl methyl sites for hydroxylation is 2. The second-order valence-electron chi connectivity index (χ2n) is 6.95. The predicted molar refractivity (Wildman–Crippen MR) is 108 cm³/mol. The molecule has 0 radical (unpaired) electrons. The minimum atomic E-state index is -0.602. The molecule has 2 aromatic heterocycles. The molecule has 0 atom stereocenters. The van der Waals surface area contributed by atoms with E-state index in [1.807, 2.05) is 26.0 Å². The number of carbonyl (C=O) groups excluding carboxylic acids is 1. The highest BCUT2D eigenvalue weighted by molar-refractivity contribution is 6.33. The van der Waals surface area contributed by atoms with Crippen molar-refractivity contribution in [2.45, 2.75) is 13.8 Å². The molecule has 0 aliphatic carbocycles. The number of halogens is 2. The van der Waals surface area contributed by atoms with Crippen molar-refractivity contribution in [2.24, 2.45) is 0 Å². The SMILES string of the molecule is Cc1cc(C)n(-c2cc(N3CCN(C(=O)c4c(F)cccc4Cl)CC3)ncn2)n1. The molecule has 0 saturated carbocycles. The Morgan fingerprint density at radius 1 is 1.07 bits per heavy atom. The predicted octanol–water partition coefficient (Wildman–Crippen LogP) is 3.03. The molecule has 0 bridgehead atoms. The molecule has 1 aliphatic heterocycles. The zero-order valence-electron chi connectivity index (χ0n) is 16.1. The van der Waals surface area contributed by atoms with Gasteiger partial charge in [0.15, 0.2) is 5.82 Å². The molecule has 7 nitrogen and oxygen atoms in total. The van der Waals surface area contributed by atoms with Crippen molar-refractivity contribution in [2.75, 3.05) is 31.1 Å². The Kier molecular flexibility index (Phi) is 5.19. The van der Waals surface area contributed by atoms with Gasteiger partial charge in [0.1, 0.15) is 18.0 Å². The van der Waals surface area contributed by atoms with Gasteiger partial charge in [0.2, 0.25) is 0 Å².